The third-order valence-electron chi connectivity index (χ3n) is 4.19. The molecule has 3 rings (SSSR count). The predicted octanol–water partition coefficient (Wildman–Crippen LogP) is 2.97. The van der Waals surface area contributed by atoms with Gasteiger partial charge in [-0.2, -0.15) is 0 Å². The lowest BCUT2D eigenvalue weighted by atomic mass is 10.1. The first-order chi connectivity index (χ1) is 13.5. The summed E-state index contributed by atoms with van der Waals surface area (Å²) in [7, 11) is 0. The van der Waals surface area contributed by atoms with E-state index >= 15 is 0 Å². The van der Waals surface area contributed by atoms with Crippen LogP contribution in [0.5, 0.6) is 0 Å². The molecular weight excluding hydrogens is 365 g/mol. The highest BCUT2D eigenvalue weighted by Crippen LogP contribution is 2.19. The molecule has 1 N–H and O–H groups in total. The van der Waals surface area contributed by atoms with Crippen molar-refractivity contribution in [3.05, 3.63) is 81.5 Å². The Morgan fingerprint density at radius 3 is 2.57 bits per heavy atom. The molecule has 0 aliphatic heterocycles. The highest BCUT2D eigenvalue weighted by atomic mass is 19.1. The number of aryl methyl sites for hydroxylation is 1. The third-order valence-corrected chi connectivity index (χ3v) is 4.19. The molecule has 0 aliphatic carbocycles. The number of halogens is 1. The van der Waals surface area contributed by atoms with Crippen LogP contribution >= 0.6 is 0 Å². The van der Waals surface area contributed by atoms with Crippen LogP contribution in [-0.2, 0) is 22.6 Å². The van der Waals surface area contributed by atoms with E-state index in [1.807, 2.05) is 19.1 Å². The van der Waals surface area contributed by atoms with E-state index in [1.165, 1.54) is 18.2 Å². The van der Waals surface area contributed by atoms with Gasteiger partial charge in [-0.3, -0.25) is 9.59 Å². The quantitative estimate of drug-likeness (QED) is 0.522. The van der Waals surface area contributed by atoms with Crippen molar-refractivity contribution in [2.24, 2.45) is 0 Å². The van der Waals surface area contributed by atoms with Crippen LogP contribution < -0.4 is 10.9 Å². The van der Waals surface area contributed by atoms with Crippen LogP contribution in [-0.4, -0.2) is 18.4 Å². The molecule has 0 atom stereocenters. The van der Waals surface area contributed by atoms with Gasteiger partial charge in [-0.05, 0) is 42.3 Å². The molecule has 0 fully saturated rings. The van der Waals surface area contributed by atoms with Gasteiger partial charge in [-0.15, -0.1) is 0 Å². The molecule has 7 heteroatoms. The van der Waals surface area contributed by atoms with Crippen molar-refractivity contribution in [2.75, 3.05) is 6.54 Å². The first-order valence-corrected chi connectivity index (χ1v) is 8.71. The monoisotopic (exact) mass is 383 g/mol. The molecule has 0 unspecified atom stereocenters. The molecule has 0 bridgehead atoms. The Balaban J connectivity index is 1.62. The Labute approximate surface area is 159 Å². The van der Waals surface area contributed by atoms with Crippen molar-refractivity contribution < 1.29 is 23.1 Å². The van der Waals surface area contributed by atoms with Crippen molar-refractivity contribution in [3.63, 3.8) is 0 Å². The Hall–Kier alpha value is -3.48. The minimum Gasteiger partial charge on any atom is -0.459 e. The van der Waals surface area contributed by atoms with Crippen LogP contribution in [0.3, 0.4) is 0 Å². The summed E-state index contributed by atoms with van der Waals surface area (Å²) >= 11 is 0. The maximum atomic E-state index is 12.9. The largest absolute Gasteiger partial charge is 0.459 e. The lowest BCUT2D eigenvalue weighted by Gasteiger charge is -2.09. The van der Waals surface area contributed by atoms with Crippen LogP contribution in [0.1, 0.15) is 28.4 Å². The van der Waals surface area contributed by atoms with Gasteiger partial charge in [0.25, 0.3) is 5.91 Å². The maximum absolute atomic E-state index is 12.9. The van der Waals surface area contributed by atoms with Crippen molar-refractivity contribution in [2.45, 2.75) is 20.0 Å². The summed E-state index contributed by atoms with van der Waals surface area (Å²) in [5.41, 5.74) is 1.67. The normalized spacial score (nSPS) is 10.6. The Bertz CT molecular complexity index is 1070. The zero-order chi connectivity index (χ0) is 20.1. The summed E-state index contributed by atoms with van der Waals surface area (Å²) in [6.07, 6.45) is 0.798. The fraction of sp³-hybridized carbons (Fsp3) is 0.190. The lowest BCUT2D eigenvalue weighted by molar-refractivity contribution is -0.143. The van der Waals surface area contributed by atoms with Gasteiger partial charge in [-0.1, -0.05) is 19.1 Å². The first-order valence-electron chi connectivity index (χ1n) is 8.71. The number of fused-ring (bicyclic) bond motifs is 1. The lowest BCUT2D eigenvalue weighted by Crippen LogP contribution is -2.30. The summed E-state index contributed by atoms with van der Waals surface area (Å²) in [5, 5.41) is 3.08. The second-order valence-electron chi connectivity index (χ2n) is 6.12. The van der Waals surface area contributed by atoms with Gasteiger partial charge in [0.15, 0.2) is 0 Å². The Morgan fingerprint density at radius 1 is 1.11 bits per heavy atom. The molecule has 0 aliphatic rings. The molecule has 0 saturated carbocycles. The van der Waals surface area contributed by atoms with Crippen LogP contribution in [0, 0.1) is 5.82 Å². The zero-order valence-corrected chi connectivity index (χ0v) is 15.2. The second-order valence-corrected chi connectivity index (χ2v) is 6.12. The Morgan fingerprint density at radius 2 is 1.86 bits per heavy atom. The van der Waals surface area contributed by atoms with E-state index < -0.39 is 23.3 Å². The fourth-order valence-corrected chi connectivity index (χ4v) is 2.68. The number of hydrogen-bond donors (Lipinski definition) is 1. The molecule has 0 radical (unpaired) electrons. The van der Waals surface area contributed by atoms with Crippen LogP contribution in [0.15, 0.2) is 57.7 Å². The molecule has 28 heavy (non-hydrogen) atoms. The van der Waals surface area contributed by atoms with Gasteiger partial charge < -0.3 is 14.5 Å². The number of carbonyl (C=O) groups excluding carboxylic acids is 2. The van der Waals surface area contributed by atoms with Crippen molar-refractivity contribution in [1.82, 2.24) is 5.32 Å². The highest BCUT2D eigenvalue weighted by Gasteiger charge is 2.12. The molecular formula is C21H18FNO5. The molecule has 2 aromatic carbocycles. The minimum atomic E-state index is -0.665. The van der Waals surface area contributed by atoms with Crippen molar-refractivity contribution in [3.8, 4) is 0 Å². The van der Waals surface area contributed by atoms with Gasteiger partial charge in [0.2, 0.25) is 0 Å². The molecule has 0 saturated heterocycles. The molecule has 1 aromatic heterocycles. The van der Waals surface area contributed by atoms with Crippen LogP contribution in [0.25, 0.3) is 11.0 Å². The van der Waals surface area contributed by atoms with Crippen molar-refractivity contribution in [1.29, 1.82) is 0 Å². The van der Waals surface area contributed by atoms with E-state index in [2.05, 4.69) is 5.32 Å². The number of rotatable bonds is 6. The summed E-state index contributed by atoms with van der Waals surface area (Å²) in [6, 6.07) is 11.7. The van der Waals surface area contributed by atoms with E-state index in [9.17, 15) is 18.8 Å². The minimum absolute atomic E-state index is 0.126. The maximum Gasteiger partial charge on any atom is 0.336 e. The first kappa shape index (κ1) is 19.3. The van der Waals surface area contributed by atoms with E-state index in [4.69, 9.17) is 9.15 Å². The number of amides is 1. The third kappa shape index (κ3) is 4.62. The molecule has 1 heterocycles. The molecule has 144 valence electrons. The number of benzene rings is 2. The summed E-state index contributed by atoms with van der Waals surface area (Å²) in [4.78, 5) is 35.6. The molecule has 1 amide bonds. The van der Waals surface area contributed by atoms with Crippen molar-refractivity contribution >= 4 is 22.8 Å². The van der Waals surface area contributed by atoms with E-state index in [0.29, 0.717) is 16.5 Å². The fourth-order valence-electron chi connectivity index (χ4n) is 2.68. The number of carbonyl (C=O) groups is 2. The SMILES string of the molecule is CCc1ccc2c(COC(=O)CNC(=O)c3ccc(F)cc3)cc(=O)oc2c1. The van der Waals surface area contributed by atoms with E-state index in [-0.39, 0.29) is 18.7 Å². The molecule has 6 nitrogen and oxygen atoms in total. The smallest absolute Gasteiger partial charge is 0.336 e. The zero-order valence-electron chi connectivity index (χ0n) is 15.2. The summed E-state index contributed by atoms with van der Waals surface area (Å²) in [6.45, 7) is 1.51. The number of esters is 1. The summed E-state index contributed by atoms with van der Waals surface area (Å²) < 4.78 is 23.2. The van der Waals surface area contributed by atoms with Crippen LogP contribution in [0.2, 0.25) is 0 Å². The van der Waals surface area contributed by atoms with E-state index in [0.717, 1.165) is 24.1 Å². The number of hydrogen-bond acceptors (Lipinski definition) is 5. The molecule has 3 aromatic rings. The average molecular weight is 383 g/mol. The highest BCUT2D eigenvalue weighted by molar-refractivity contribution is 5.95. The average Bonchev–Trinajstić information content (AvgIpc) is 2.70. The van der Waals surface area contributed by atoms with E-state index in [1.54, 1.807) is 6.07 Å². The van der Waals surface area contributed by atoms with Gasteiger partial charge in [0.1, 0.15) is 24.6 Å². The standard InChI is InChI=1S/C21H18FNO5/c1-2-13-3-8-17-15(10-19(24)28-18(17)9-13)12-27-20(25)11-23-21(26)14-4-6-16(22)7-5-14/h3-10H,2,11-12H2,1H3,(H,23,26). The number of ether oxygens (including phenoxy) is 1. The second kappa shape index (κ2) is 8.47. The Kier molecular flexibility index (Phi) is 5.84. The predicted molar refractivity (Wildman–Crippen MR) is 100 cm³/mol. The van der Waals surface area contributed by atoms with Gasteiger partial charge in [-0.25, -0.2) is 9.18 Å². The number of nitrogens with one attached hydrogen (secondary N) is 1. The summed E-state index contributed by atoms with van der Waals surface area (Å²) in [5.74, 6) is -1.64. The van der Waals surface area contributed by atoms with Gasteiger partial charge >= 0.3 is 11.6 Å². The van der Waals surface area contributed by atoms with Gasteiger partial charge in [0.05, 0.1) is 0 Å². The van der Waals surface area contributed by atoms with Crippen LogP contribution in [0.4, 0.5) is 4.39 Å². The topological polar surface area (TPSA) is 85.6 Å². The molecule has 0 spiro atoms. The van der Waals surface area contributed by atoms with Gasteiger partial charge in [0, 0.05) is 22.6 Å².